The van der Waals surface area contributed by atoms with Crippen molar-refractivity contribution in [2.45, 2.75) is 6.92 Å². The Labute approximate surface area is 147 Å². The molecule has 0 atom stereocenters. The number of thiazole rings is 1. The molecule has 0 saturated heterocycles. The van der Waals surface area contributed by atoms with E-state index in [0.29, 0.717) is 22.1 Å². The molecule has 1 N–H and O–H groups in total. The number of hydrogen-bond acceptors (Lipinski definition) is 5. The van der Waals surface area contributed by atoms with Gasteiger partial charge in [-0.05, 0) is 36.8 Å². The van der Waals surface area contributed by atoms with Gasteiger partial charge >= 0.3 is 0 Å². The predicted molar refractivity (Wildman–Crippen MR) is 96.4 cm³/mol. The third-order valence-electron chi connectivity index (χ3n) is 3.47. The van der Waals surface area contributed by atoms with E-state index in [4.69, 9.17) is 4.74 Å². The smallest absolute Gasteiger partial charge is 0.204 e. The van der Waals surface area contributed by atoms with E-state index in [2.05, 4.69) is 15.5 Å². The number of rotatable bonds is 5. The van der Waals surface area contributed by atoms with E-state index < -0.39 is 5.82 Å². The Bertz CT molecular complexity index is 907. The summed E-state index contributed by atoms with van der Waals surface area (Å²) in [4.78, 5) is 5.26. The van der Waals surface area contributed by atoms with Gasteiger partial charge in [-0.15, -0.1) is 11.3 Å². The number of methoxy groups -OCH3 is 1. The number of hydrazone groups is 1. The van der Waals surface area contributed by atoms with Crippen molar-refractivity contribution in [3.63, 3.8) is 0 Å². The van der Waals surface area contributed by atoms with E-state index in [-0.39, 0.29) is 5.82 Å². The number of aromatic nitrogens is 1. The van der Waals surface area contributed by atoms with Crippen LogP contribution in [0.2, 0.25) is 0 Å². The maximum atomic E-state index is 14.2. The Morgan fingerprint density at radius 1 is 1.16 bits per heavy atom. The van der Waals surface area contributed by atoms with Crippen LogP contribution in [-0.2, 0) is 0 Å². The molecule has 1 heterocycles. The Hall–Kier alpha value is -2.80. The Balaban J connectivity index is 1.77. The summed E-state index contributed by atoms with van der Waals surface area (Å²) in [5, 5.41) is 4.62. The van der Waals surface area contributed by atoms with Crippen molar-refractivity contribution in [3.8, 4) is 17.0 Å². The summed E-state index contributed by atoms with van der Waals surface area (Å²) in [6, 6.07) is 10.6. The highest BCUT2D eigenvalue weighted by molar-refractivity contribution is 7.15. The number of nitrogens with zero attached hydrogens (tertiary/aromatic N) is 2. The normalized spacial score (nSPS) is 11.0. The first kappa shape index (κ1) is 17.0. The minimum Gasteiger partial charge on any atom is -0.497 e. The highest BCUT2D eigenvalue weighted by Gasteiger charge is 2.14. The molecular weight excluding hydrogens is 344 g/mol. The first-order chi connectivity index (χ1) is 12.1. The van der Waals surface area contributed by atoms with Crippen LogP contribution in [0.5, 0.6) is 5.75 Å². The first-order valence-electron chi connectivity index (χ1n) is 7.43. The third-order valence-corrected chi connectivity index (χ3v) is 4.35. The lowest BCUT2D eigenvalue weighted by molar-refractivity contribution is 0.411. The molecule has 0 radical (unpaired) electrons. The molecule has 0 fully saturated rings. The van der Waals surface area contributed by atoms with Gasteiger partial charge in [0.15, 0.2) is 0 Å². The average molecular weight is 359 g/mol. The standard InChI is InChI=1S/C18H15F2N3OS/c1-11-17(15-8-7-14(24-2)9-16(15)20)22-18(25-11)23-21-10-12-3-5-13(19)6-4-12/h3-10H,1-2H3,(H,22,23). The summed E-state index contributed by atoms with van der Waals surface area (Å²) in [5.74, 6) is -0.239. The fourth-order valence-corrected chi connectivity index (χ4v) is 3.00. The fraction of sp³-hybridized carbons (Fsp3) is 0.111. The summed E-state index contributed by atoms with van der Waals surface area (Å²) < 4.78 is 32.1. The van der Waals surface area contributed by atoms with E-state index in [1.54, 1.807) is 30.5 Å². The number of nitrogens with one attached hydrogen (secondary N) is 1. The number of hydrogen-bond donors (Lipinski definition) is 1. The largest absolute Gasteiger partial charge is 0.497 e. The van der Waals surface area contributed by atoms with Crippen LogP contribution >= 0.6 is 11.3 Å². The lowest BCUT2D eigenvalue weighted by atomic mass is 10.1. The zero-order chi connectivity index (χ0) is 17.8. The lowest BCUT2D eigenvalue weighted by Gasteiger charge is -2.04. The molecule has 0 amide bonds. The molecule has 0 aliphatic carbocycles. The molecule has 0 aliphatic heterocycles. The molecule has 4 nitrogen and oxygen atoms in total. The molecule has 0 aliphatic rings. The maximum absolute atomic E-state index is 14.2. The molecule has 3 rings (SSSR count). The van der Waals surface area contributed by atoms with Crippen LogP contribution in [0, 0.1) is 18.6 Å². The lowest BCUT2D eigenvalue weighted by Crippen LogP contribution is -1.92. The Morgan fingerprint density at radius 2 is 1.92 bits per heavy atom. The fourth-order valence-electron chi connectivity index (χ4n) is 2.22. The number of aryl methyl sites for hydroxylation is 1. The summed E-state index contributed by atoms with van der Waals surface area (Å²) >= 11 is 1.37. The second-order valence-electron chi connectivity index (χ2n) is 5.19. The van der Waals surface area contributed by atoms with Gasteiger partial charge in [-0.2, -0.15) is 5.10 Å². The van der Waals surface area contributed by atoms with Crippen LogP contribution in [0.4, 0.5) is 13.9 Å². The van der Waals surface area contributed by atoms with Gasteiger partial charge in [-0.3, -0.25) is 5.43 Å². The highest BCUT2D eigenvalue weighted by atomic mass is 32.1. The number of halogens is 2. The molecule has 3 aromatic rings. The van der Waals surface area contributed by atoms with E-state index in [0.717, 1.165) is 10.4 Å². The molecule has 1 aromatic heterocycles. The zero-order valence-electron chi connectivity index (χ0n) is 13.6. The molecule has 7 heteroatoms. The van der Waals surface area contributed by atoms with Crippen LogP contribution < -0.4 is 10.2 Å². The van der Waals surface area contributed by atoms with Crippen LogP contribution in [-0.4, -0.2) is 18.3 Å². The van der Waals surface area contributed by atoms with Crippen LogP contribution in [0.15, 0.2) is 47.6 Å². The molecule has 128 valence electrons. The van der Waals surface area contributed by atoms with Gasteiger partial charge in [0.05, 0.1) is 19.0 Å². The topological polar surface area (TPSA) is 46.5 Å². The molecule has 0 unspecified atom stereocenters. The van der Waals surface area contributed by atoms with Gasteiger partial charge in [0.2, 0.25) is 5.13 Å². The van der Waals surface area contributed by atoms with Crippen molar-refractivity contribution < 1.29 is 13.5 Å². The zero-order valence-corrected chi connectivity index (χ0v) is 14.4. The molecule has 2 aromatic carbocycles. The number of anilines is 1. The summed E-state index contributed by atoms with van der Waals surface area (Å²) in [5.41, 5.74) is 4.54. The maximum Gasteiger partial charge on any atom is 0.204 e. The minimum atomic E-state index is -0.394. The van der Waals surface area contributed by atoms with Crippen molar-refractivity contribution in [2.24, 2.45) is 5.10 Å². The van der Waals surface area contributed by atoms with Crippen molar-refractivity contribution in [2.75, 3.05) is 12.5 Å². The second-order valence-corrected chi connectivity index (χ2v) is 6.39. The molecular formula is C18H15F2N3OS. The quantitative estimate of drug-likeness (QED) is 0.523. The molecule has 0 bridgehead atoms. The average Bonchev–Trinajstić information content (AvgIpc) is 2.97. The molecule has 25 heavy (non-hydrogen) atoms. The number of ether oxygens (including phenoxy) is 1. The van der Waals surface area contributed by atoms with E-state index in [1.807, 2.05) is 6.92 Å². The van der Waals surface area contributed by atoms with Gasteiger partial charge in [-0.25, -0.2) is 13.8 Å². The highest BCUT2D eigenvalue weighted by Crippen LogP contribution is 2.33. The Kier molecular flexibility index (Phi) is 5.04. The summed E-state index contributed by atoms with van der Waals surface area (Å²) in [6.07, 6.45) is 1.56. The van der Waals surface area contributed by atoms with Crippen molar-refractivity contribution >= 4 is 22.7 Å². The van der Waals surface area contributed by atoms with E-state index in [9.17, 15) is 8.78 Å². The summed E-state index contributed by atoms with van der Waals surface area (Å²) in [6.45, 7) is 1.87. The SMILES string of the molecule is COc1ccc(-c2nc(NN=Cc3ccc(F)cc3)sc2C)c(F)c1. The second kappa shape index (κ2) is 7.40. The van der Waals surface area contributed by atoms with Gasteiger partial charge in [-0.1, -0.05) is 12.1 Å². The van der Waals surface area contributed by atoms with Crippen molar-refractivity contribution in [1.29, 1.82) is 0 Å². The molecule has 0 saturated carbocycles. The first-order valence-corrected chi connectivity index (χ1v) is 8.24. The van der Waals surface area contributed by atoms with Crippen molar-refractivity contribution in [3.05, 3.63) is 64.5 Å². The van der Waals surface area contributed by atoms with Gasteiger partial charge in [0.25, 0.3) is 0 Å². The van der Waals surface area contributed by atoms with Crippen molar-refractivity contribution in [1.82, 2.24) is 4.98 Å². The van der Waals surface area contributed by atoms with Crippen LogP contribution in [0.3, 0.4) is 0 Å². The molecule has 0 spiro atoms. The van der Waals surface area contributed by atoms with Crippen LogP contribution in [0.25, 0.3) is 11.3 Å². The number of benzene rings is 2. The minimum absolute atomic E-state index is 0.299. The Morgan fingerprint density at radius 3 is 2.60 bits per heavy atom. The van der Waals surface area contributed by atoms with Gasteiger partial charge in [0.1, 0.15) is 17.4 Å². The van der Waals surface area contributed by atoms with E-state index in [1.165, 1.54) is 36.6 Å². The monoisotopic (exact) mass is 359 g/mol. The predicted octanol–water partition coefficient (Wildman–Crippen LogP) is 4.85. The summed E-state index contributed by atoms with van der Waals surface area (Å²) in [7, 11) is 1.49. The van der Waals surface area contributed by atoms with E-state index >= 15 is 0 Å². The third kappa shape index (κ3) is 4.00. The van der Waals surface area contributed by atoms with Crippen LogP contribution in [0.1, 0.15) is 10.4 Å². The van der Waals surface area contributed by atoms with Gasteiger partial charge < -0.3 is 4.74 Å². The van der Waals surface area contributed by atoms with Gasteiger partial charge in [0, 0.05) is 16.5 Å².